The quantitative estimate of drug-likeness (QED) is 0.701. The lowest BCUT2D eigenvalue weighted by atomic mass is 10.1. The zero-order valence-corrected chi connectivity index (χ0v) is 18.6. The standard InChI is InChI=1S/C22H29F2N3O5/c1-22(2,3)32-21(30)27-10-6-8-16(27)19(29)26-13-11-25(12-14-26)18(28)15-7-4-5-9-17(15)31-20(23)24/h4-5,7,9,16,20H,6,8,10-14H2,1-3H3. The maximum Gasteiger partial charge on any atom is 0.410 e. The van der Waals surface area contributed by atoms with Crippen molar-refractivity contribution in [3.05, 3.63) is 29.8 Å². The highest BCUT2D eigenvalue weighted by molar-refractivity contribution is 5.97. The van der Waals surface area contributed by atoms with E-state index in [4.69, 9.17) is 4.74 Å². The molecule has 10 heteroatoms. The molecule has 176 valence electrons. The van der Waals surface area contributed by atoms with Crippen molar-refractivity contribution >= 4 is 17.9 Å². The first-order valence-electron chi connectivity index (χ1n) is 10.7. The van der Waals surface area contributed by atoms with Crippen molar-refractivity contribution in [2.24, 2.45) is 0 Å². The molecule has 1 atom stereocenters. The zero-order valence-electron chi connectivity index (χ0n) is 18.6. The van der Waals surface area contributed by atoms with Crippen LogP contribution in [0.25, 0.3) is 0 Å². The Bertz CT molecular complexity index is 850. The van der Waals surface area contributed by atoms with Crippen LogP contribution in [0.3, 0.4) is 0 Å². The van der Waals surface area contributed by atoms with Gasteiger partial charge in [-0.3, -0.25) is 14.5 Å². The first-order valence-corrected chi connectivity index (χ1v) is 10.7. The van der Waals surface area contributed by atoms with E-state index in [0.29, 0.717) is 26.1 Å². The van der Waals surface area contributed by atoms with E-state index in [0.717, 1.165) is 6.42 Å². The summed E-state index contributed by atoms with van der Waals surface area (Å²) in [6.07, 6.45) is 0.780. The van der Waals surface area contributed by atoms with E-state index >= 15 is 0 Å². The number of hydrogen-bond donors (Lipinski definition) is 0. The number of alkyl halides is 2. The van der Waals surface area contributed by atoms with Crippen LogP contribution in [-0.4, -0.2) is 83.6 Å². The Morgan fingerprint density at radius 2 is 1.62 bits per heavy atom. The number of para-hydroxylation sites is 1. The SMILES string of the molecule is CC(C)(C)OC(=O)N1CCCC1C(=O)N1CCN(C(=O)c2ccccc2OC(F)F)CC1. The molecule has 2 heterocycles. The molecule has 0 radical (unpaired) electrons. The molecule has 8 nitrogen and oxygen atoms in total. The van der Waals surface area contributed by atoms with Gasteiger partial charge in [-0.25, -0.2) is 4.79 Å². The van der Waals surface area contributed by atoms with Gasteiger partial charge in [-0.2, -0.15) is 8.78 Å². The number of carbonyl (C=O) groups excluding carboxylic acids is 3. The fourth-order valence-electron chi connectivity index (χ4n) is 3.92. The summed E-state index contributed by atoms with van der Waals surface area (Å²) in [4.78, 5) is 43.0. The van der Waals surface area contributed by atoms with Crippen molar-refractivity contribution in [1.29, 1.82) is 0 Å². The first kappa shape index (κ1) is 23.7. The number of hydrogen-bond acceptors (Lipinski definition) is 5. The molecule has 0 saturated carbocycles. The van der Waals surface area contributed by atoms with Gasteiger partial charge in [0.2, 0.25) is 5.91 Å². The van der Waals surface area contributed by atoms with E-state index < -0.39 is 30.3 Å². The lowest BCUT2D eigenvalue weighted by Gasteiger charge is -2.37. The molecule has 2 fully saturated rings. The molecule has 2 aliphatic rings. The summed E-state index contributed by atoms with van der Waals surface area (Å²) in [5, 5.41) is 0. The van der Waals surface area contributed by atoms with E-state index in [1.54, 1.807) is 31.7 Å². The Balaban J connectivity index is 1.60. The number of amides is 3. The number of rotatable bonds is 4. The number of ether oxygens (including phenoxy) is 2. The first-order chi connectivity index (χ1) is 15.1. The largest absolute Gasteiger partial charge is 0.444 e. The van der Waals surface area contributed by atoms with Crippen LogP contribution in [-0.2, 0) is 9.53 Å². The molecule has 3 rings (SSSR count). The van der Waals surface area contributed by atoms with Gasteiger partial charge >= 0.3 is 12.7 Å². The Labute approximate surface area is 186 Å². The lowest BCUT2D eigenvalue weighted by Crippen LogP contribution is -2.55. The minimum absolute atomic E-state index is 0.0551. The number of likely N-dealkylation sites (tertiary alicyclic amines) is 1. The van der Waals surface area contributed by atoms with Gasteiger partial charge in [0.15, 0.2) is 0 Å². The summed E-state index contributed by atoms with van der Waals surface area (Å²) < 4.78 is 35.2. The van der Waals surface area contributed by atoms with E-state index in [9.17, 15) is 23.2 Å². The van der Waals surface area contributed by atoms with Crippen molar-refractivity contribution < 1.29 is 32.6 Å². The summed E-state index contributed by atoms with van der Waals surface area (Å²) in [5.74, 6) is -0.767. The maximum absolute atomic E-state index is 13.1. The molecule has 0 aromatic heterocycles. The highest BCUT2D eigenvalue weighted by atomic mass is 19.3. The molecular formula is C22H29F2N3O5. The van der Waals surface area contributed by atoms with Gasteiger partial charge in [0, 0.05) is 32.7 Å². The predicted molar refractivity (Wildman–Crippen MR) is 112 cm³/mol. The molecule has 0 spiro atoms. The second-order valence-corrected chi connectivity index (χ2v) is 8.82. The van der Waals surface area contributed by atoms with E-state index in [1.807, 2.05) is 0 Å². The van der Waals surface area contributed by atoms with Gasteiger partial charge < -0.3 is 19.3 Å². The molecule has 0 bridgehead atoms. The highest BCUT2D eigenvalue weighted by Gasteiger charge is 2.39. The maximum atomic E-state index is 13.1. The monoisotopic (exact) mass is 453 g/mol. The van der Waals surface area contributed by atoms with Gasteiger partial charge in [0.1, 0.15) is 17.4 Å². The van der Waals surface area contributed by atoms with E-state index in [2.05, 4.69) is 4.74 Å². The second kappa shape index (κ2) is 9.70. The summed E-state index contributed by atoms with van der Waals surface area (Å²) in [6.45, 7) is 3.86. The summed E-state index contributed by atoms with van der Waals surface area (Å²) in [7, 11) is 0. The topological polar surface area (TPSA) is 79.4 Å². The molecular weight excluding hydrogens is 424 g/mol. The average Bonchev–Trinajstić information content (AvgIpc) is 3.22. The Kier molecular flexibility index (Phi) is 7.20. The third kappa shape index (κ3) is 5.66. The molecule has 1 aromatic carbocycles. The fourth-order valence-corrected chi connectivity index (χ4v) is 3.92. The molecule has 1 unspecified atom stereocenters. The van der Waals surface area contributed by atoms with Gasteiger partial charge in [-0.15, -0.1) is 0 Å². The third-order valence-corrected chi connectivity index (χ3v) is 5.38. The minimum atomic E-state index is -3.03. The van der Waals surface area contributed by atoms with Crippen LogP contribution < -0.4 is 4.74 Å². The fraction of sp³-hybridized carbons (Fsp3) is 0.591. The molecule has 0 N–H and O–H groups in total. The van der Waals surface area contributed by atoms with Crippen LogP contribution in [0.5, 0.6) is 5.75 Å². The summed E-state index contributed by atoms with van der Waals surface area (Å²) >= 11 is 0. The minimum Gasteiger partial charge on any atom is -0.444 e. The van der Waals surface area contributed by atoms with Crippen molar-refractivity contribution in [3.8, 4) is 5.75 Å². The van der Waals surface area contributed by atoms with Crippen molar-refractivity contribution in [1.82, 2.24) is 14.7 Å². The van der Waals surface area contributed by atoms with E-state index in [1.165, 1.54) is 28.0 Å². The van der Waals surface area contributed by atoms with Crippen molar-refractivity contribution in [2.75, 3.05) is 32.7 Å². The Morgan fingerprint density at radius 3 is 2.25 bits per heavy atom. The summed E-state index contributed by atoms with van der Waals surface area (Å²) in [5.41, 5.74) is -0.594. The van der Waals surface area contributed by atoms with Crippen molar-refractivity contribution in [3.63, 3.8) is 0 Å². The number of halogens is 2. The van der Waals surface area contributed by atoms with Gasteiger partial charge in [-0.1, -0.05) is 12.1 Å². The van der Waals surface area contributed by atoms with Gasteiger partial charge in [-0.05, 0) is 45.7 Å². The van der Waals surface area contributed by atoms with Crippen LogP contribution in [0.15, 0.2) is 24.3 Å². The van der Waals surface area contributed by atoms with Gasteiger partial charge in [0.25, 0.3) is 5.91 Å². The Hall–Kier alpha value is -2.91. The average molecular weight is 453 g/mol. The van der Waals surface area contributed by atoms with Crippen LogP contribution in [0.4, 0.5) is 13.6 Å². The third-order valence-electron chi connectivity index (χ3n) is 5.38. The van der Waals surface area contributed by atoms with Crippen LogP contribution in [0.2, 0.25) is 0 Å². The highest BCUT2D eigenvalue weighted by Crippen LogP contribution is 2.25. The Morgan fingerprint density at radius 1 is 1.00 bits per heavy atom. The molecule has 2 saturated heterocycles. The number of nitrogens with zero attached hydrogens (tertiary/aromatic N) is 3. The number of piperazine rings is 1. The van der Waals surface area contributed by atoms with Crippen LogP contribution >= 0.6 is 0 Å². The summed E-state index contributed by atoms with van der Waals surface area (Å²) in [6, 6.07) is 5.28. The molecule has 0 aliphatic carbocycles. The van der Waals surface area contributed by atoms with Crippen molar-refractivity contribution in [2.45, 2.75) is 51.9 Å². The number of benzene rings is 1. The number of carbonyl (C=O) groups is 3. The normalized spacial score (nSPS) is 19.3. The second-order valence-electron chi connectivity index (χ2n) is 8.82. The smallest absolute Gasteiger partial charge is 0.410 e. The molecule has 32 heavy (non-hydrogen) atoms. The van der Waals surface area contributed by atoms with Crippen LogP contribution in [0, 0.1) is 0 Å². The predicted octanol–water partition coefficient (Wildman–Crippen LogP) is 2.97. The zero-order chi connectivity index (χ0) is 23.5. The molecule has 1 aromatic rings. The molecule has 2 aliphatic heterocycles. The lowest BCUT2D eigenvalue weighted by molar-refractivity contribution is -0.137. The van der Waals surface area contributed by atoms with E-state index in [-0.39, 0.29) is 30.3 Å². The van der Waals surface area contributed by atoms with Gasteiger partial charge in [0.05, 0.1) is 5.56 Å². The molecule has 3 amide bonds. The van der Waals surface area contributed by atoms with Crippen LogP contribution in [0.1, 0.15) is 44.0 Å².